The summed E-state index contributed by atoms with van der Waals surface area (Å²) in [4.78, 5) is 14.6. The zero-order valence-corrected chi connectivity index (χ0v) is 17.4. The Hall–Kier alpha value is -2.31. The van der Waals surface area contributed by atoms with Crippen molar-refractivity contribution in [3.05, 3.63) is 64.7 Å². The number of thioether (sulfide) groups is 1. The van der Waals surface area contributed by atoms with Gasteiger partial charge < -0.3 is 4.74 Å². The van der Waals surface area contributed by atoms with Crippen LogP contribution in [-0.2, 0) is 11.3 Å². The van der Waals surface area contributed by atoms with Crippen molar-refractivity contribution in [3.63, 3.8) is 0 Å². The number of hydrogen-bond donors (Lipinski definition) is 0. The zero-order valence-electron chi connectivity index (χ0n) is 15.8. The summed E-state index contributed by atoms with van der Waals surface area (Å²) in [5.41, 5.74) is 1.91. The molecule has 1 atom stereocenters. The number of nitrogens with zero attached hydrogens (tertiary/aromatic N) is 3. The molecule has 0 radical (unpaired) electrons. The highest BCUT2D eigenvalue weighted by Crippen LogP contribution is 2.32. The third-order valence-electron chi connectivity index (χ3n) is 4.29. The molecule has 146 valence electrons. The summed E-state index contributed by atoms with van der Waals surface area (Å²) < 4.78 is 5.20. The van der Waals surface area contributed by atoms with Gasteiger partial charge in [0.2, 0.25) is 5.91 Å². The third-order valence-corrected chi connectivity index (χ3v) is 5.78. The van der Waals surface area contributed by atoms with Crippen LogP contribution in [0.5, 0.6) is 5.75 Å². The number of halogens is 1. The molecule has 0 bridgehead atoms. The monoisotopic (exact) mass is 415 g/mol. The van der Waals surface area contributed by atoms with Gasteiger partial charge in [0, 0.05) is 5.02 Å². The van der Waals surface area contributed by atoms with E-state index in [4.69, 9.17) is 16.3 Å². The maximum atomic E-state index is 12.8. The number of hydrogen-bond acceptors (Lipinski definition) is 5. The van der Waals surface area contributed by atoms with E-state index in [1.54, 1.807) is 30.4 Å². The molecular weight excluding hydrogens is 394 g/mol. The molecule has 1 heterocycles. The van der Waals surface area contributed by atoms with Crippen molar-refractivity contribution in [3.8, 4) is 5.75 Å². The summed E-state index contributed by atoms with van der Waals surface area (Å²) in [5.74, 6) is 0.874. The maximum Gasteiger partial charge on any atom is 0.242 e. The Labute approximate surface area is 174 Å². The van der Waals surface area contributed by atoms with Crippen LogP contribution in [-0.4, -0.2) is 34.5 Å². The van der Waals surface area contributed by atoms with E-state index in [0.717, 1.165) is 29.7 Å². The second-order valence-electron chi connectivity index (χ2n) is 6.35. The molecule has 0 saturated carbocycles. The second kappa shape index (κ2) is 9.75. The topological polar surface area (TPSA) is 54.3 Å². The van der Waals surface area contributed by atoms with Gasteiger partial charge in [-0.2, -0.15) is 5.10 Å². The molecule has 1 amide bonds. The fourth-order valence-electron chi connectivity index (χ4n) is 2.78. The number of amides is 1. The molecule has 2 aromatic rings. The normalized spacial score (nSPS) is 18.4. The van der Waals surface area contributed by atoms with Crippen LogP contribution >= 0.6 is 23.4 Å². The van der Waals surface area contributed by atoms with Gasteiger partial charge in [0.25, 0.3) is 0 Å². The van der Waals surface area contributed by atoms with Gasteiger partial charge >= 0.3 is 0 Å². The van der Waals surface area contributed by atoms with Crippen molar-refractivity contribution in [1.29, 1.82) is 0 Å². The van der Waals surface area contributed by atoms with Crippen LogP contribution < -0.4 is 4.74 Å². The molecular formula is C21H22ClN3O2S. The van der Waals surface area contributed by atoms with E-state index in [0.29, 0.717) is 16.7 Å². The predicted octanol–water partition coefficient (Wildman–Crippen LogP) is 4.98. The van der Waals surface area contributed by atoms with Crippen LogP contribution in [0.2, 0.25) is 5.02 Å². The smallest absolute Gasteiger partial charge is 0.242 e. The van der Waals surface area contributed by atoms with E-state index in [9.17, 15) is 4.79 Å². The lowest BCUT2D eigenvalue weighted by molar-refractivity contribution is -0.126. The van der Waals surface area contributed by atoms with Crippen LogP contribution in [0.4, 0.5) is 0 Å². The molecule has 3 rings (SSSR count). The number of rotatable bonds is 7. The number of amidine groups is 1. The lowest BCUT2D eigenvalue weighted by atomic mass is 10.2. The fraction of sp³-hybridized carbons (Fsp3) is 0.286. The Bertz CT molecular complexity index is 866. The lowest BCUT2D eigenvalue weighted by Gasteiger charge is -2.16. The van der Waals surface area contributed by atoms with Crippen molar-refractivity contribution in [2.24, 2.45) is 10.2 Å². The van der Waals surface area contributed by atoms with Crippen molar-refractivity contribution >= 4 is 40.7 Å². The van der Waals surface area contributed by atoms with Crippen LogP contribution in [0, 0.1) is 0 Å². The Morgan fingerprint density at radius 2 is 1.89 bits per heavy atom. The molecule has 0 N–H and O–H groups in total. The summed E-state index contributed by atoms with van der Waals surface area (Å²) in [6.07, 6.45) is 3.43. The molecule has 0 aliphatic carbocycles. The number of carbonyl (C=O) groups is 1. The van der Waals surface area contributed by atoms with Crippen molar-refractivity contribution in [1.82, 2.24) is 4.90 Å². The molecule has 1 saturated heterocycles. The molecule has 1 fully saturated rings. The summed E-state index contributed by atoms with van der Waals surface area (Å²) in [5, 5.41) is 9.72. The lowest BCUT2D eigenvalue weighted by Crippen LogP contribution is -2.31. The molecule has 0 aromatic heterocycles. The second-order valence-corrected chi connectivity index (χ2v) is 7.95. The fourth-order valence-corrected chi connectivity index (χ4v) is 4.12. The van der Waals surface area contributed by atoms with E-state index in [2.05, 4.69) is 17.1 Å². The Balaban J connectivity index is 1.78. The van der Waals surface area contributed by atoms with Crippen molar-refractivity contribution < 1.29 is 9.53 Å². The minimum Gasteiger partial charge on any atom is -0.497 e. The highest BCUT2D eigenvalue weighted by Gasteiger charge is 2.37. The maximum absolute atomic E-state index is 12.8. The largest absolute Gasteiger partial charge is 0.497 e. The highest BCUT2D eigenvalue weighted by molar-refractivity contribution is 8.15. The average molecular weight is 416 g/mol. The first kappa shape index (κ1) is 20.4. The molecule has 1 aliphatic rings. The Kier molecular flexibility index (Phi) is 7.12. The van der Waals surface area contributed by atoms with Gasteiger partial charge in [-0.05, 0) is 41.8 Å². The molecule has 0 unspecified atom stereocenters. The first-order chi connectivity index (χ1) is 13.6. The first-order valence-electron chi connectivity index (χ1n) is 9.08. The Morgan fingerprint density at radius 3 is 2.54 bits per heavy atom. The zero-order chi connectivity index (χ0) is 19.9. The van der Waals surface area contributed by atoms with Gasteiger partial charge in [0.1, 0.15) is 5.75 Å². The molecule has 7 heteroatoms. The summed E-state index contributed by atoms with van der Waals surface area (Å²) in [6.45, 7) is 2.54. The highest BCUT2D eigenvalue weighted by atomic mass is 35.5. The molecule has 28 heavy (non-hydrogen) atoms. The SMILES string of the molecule is CCC[C@@H]1S/C(=N\N=C/c2ccc(Cl)cc2)N(Cc2ccc(OC)cc2)C1=O. The number of carbonyl (C=O) groups excluding carboxylic acids is 1. The van der Waals surface area contributed by atoms with Gasteiger partial charge in [0.15, 0.2) is 5.17 Å². The van der Waals surface area contributed by atoms with E-state index < -0.39 is 0 Å². The summed E-state index contributed by atoms with van der Waals surface area (Å²) in [7, 11) is 1.63. The van der Waals surface area contributed by atoms with Crippen LogP contribution in [0.3, 0.4) is 0 Å². The van der Waals surface area contributed by atoms with Gasteiger partial charge in [0.05, 0.1) is 25.1 Å². The van der Waals surface area contributed by atoms with Gasteiger partial charge in [-0.3, -0.25) is 9.69 Å². The van der Waals surface area contributed by atoms with E-state index >= 15 is 0 Å². The Morgan fingerprint density at radius 1 is 1.18 bits per heavy atom. The standard InChI is InChI=1S/C21H22ClN3O2S/c1-3-4-19-20(26)25(14-16-7-11-18(27-2)12-8-16)21(28-19)24-23-13-15-5-9-17(22)10-6-15/h5-13,19H,3-4,14H2,1-2H3/b23-13-,24-21-/t19-/m0/s1. The number of methoxy groups -OCH3 is 1. The van der Waals surface area contributed by atoms with Crippen LogP contribution in [0.25, 0.3) is 0 Å². The minimum atomic E-state index is -0.104. The van der Waals surface area contributed by atoms with E-state index in [-0.39, 0.29) is 11.2 Å². The van der Waals surface area contributed by atoms with E-state index in [1.165, 1.54) is 11.8 Å². The van der Waals surface area contributed by atoms with Gasteiger partial charge in [-0.25, -0.2) is 0 Å². The predicted molar refractivity (Wildman–Crippen MR) is 116 cm³/mol. The van der Waals surface area contributed by atoms with Crippen LogP contribution in [0.15, 0.2) is 58.7 Å². The summed E-state index contributed by atoms with van der Waals surface area (Å²) >= 11 is 7.38. The molecule has 1 aliphatic heterocycles. The third kappa shape index (κ3) is 5.14. The van der Waals surface area contributed by atoms with Gasteiger partial charge in [-0.1, -0.05) is 61.0 Å². The molecule has 0 spiro atoms. The minimum absolute atomic E-state index is 0.0862. The van der Waals surface area contributed by atoms with Crippen LogP contribution in [0.1, 0.15) is 30.9 Å². The number of ether oxygens (including phenoxy) is 1. The van der Waals surface area contributed by atoms with Crippen molar-refractivity contribution in [2.45, 2.75) is 31.6 Å². The average Bonchev–Trinajstić information content (AvgIpc) is 2.99. The molecule has 2 aromatic carbocycles. The molecule has 5 nitrogen and oxygen atoms in total. The van der Waals surface area contributed by atoms with Gasteiger partial charge in [-0.15, -0.1) is 5.10 Å². The first-order valence-corrected chi connectivity index (χ1v) is 10.3. The van der Waals surface area contributed by atoms with Crippen molar-refractivity contribution in [2.75, 3.05) is 7.11 Å². The van der Waals surface area contributed by atoms with E-state index in [1.807, 2.05) is 36.4 Å². The summed E-state index contributed by atoms with van der Waals surface area (Å²) in [6, 6.07) is 15.0. The quantitative estimate of drug-likeness (QED) is 0.473. The number of benzene rings is 2.